The van der Waals surface area contributed by atoms with E-state index in [1.165, 1.54) is 9.87 Å². The number of hydrogen-bond acceptors (Lipinski definition) is 3. The molecule has 1 fully saturated rings. The van der Waals surface area contributed by atoms with Crippen LogP contribution in [0.2, 0.25) is 0 Å². The van der Waals surface area contributed by atoms with Gasteiger partial charge in [0.2, 0.25) is 15.9 Å². The zero-order valence-corrected chi connectivity index (χ0v) is 19.8. The van der Waals surface area contributed by atoms with Crippen LogP contribution in [0.15, 0.2) is 59.5 Å². The molecule has 3 rings (SSSR count). The molecule has 0 bridgehead atoms. The minimum absolute atomic E-state index is 0.00760. The van der Waals surface area contributed by atoms with Gasteiger partial charge in [0.25, 0.3) is 0 Å². The lowest BCUT2D eigenvalue weighted by atomic mass is 9.79. The number of rotatable bonds is 7. The smallest absolute Gasteiger partial charge is 0.243 e. The predicted octanol–water partition coefficient (Wildman–Crippen LogP) is 4.27. The fourth-order valence-electron chi connectivity index (χ4n) is 4.42. The van der Waals surface area contributed by atoms with Crippen molar-refractivity contribution in [3.63, 3.8) is 0 Å². The summed E-state index contributed by atoms with van der Waals surface area (Å²) in [5.41, 5.74) is 2.19. The van der Waals surface area contributed by atoms with Gasteiger partial charge in [0, 0.05) is 19.1 Å². The zero-order chi connectivity index (χ0) is 22.6. The minimum atomic E-state index is -3.59. The summed E-state index contributed by atoms with van der Waals surface area (Å²) in [5, 5.41) is 3.13. The maximum absolute atomic E-state index is 13.0. The third-order valence-electron chi connectivity index (χ3n) is 6.17. The van der Waals surface area contributed by atoms with Gasteiger partial charge in [-0.1, -0.05) is 61.9 Å². The summed E-state index contributed by atoms with van der Waals surface area (Å²) < 4.78 is 27.5. The molecule has 0 saturated carbocycles. The molecular formula is C25H34N2O3S. The Morgan fingerprint density at radius 3 is 2.42 bits per heavy atom. The maximum atomic E-state index is 13.0. The van der Waals surface area contributed by atoms with E-state index in [9.17, 15) is 13.2 Å². The number of amides is 1. The molecule has 5 nitrogen and oxygen atoms in total. The average Bonchev–Trinajstić information content (AvgIpc) is 2.74. The van der Waals surface area contributed by atoms with Gasteiger partial charge in [0.1, 0.15) is 0 Å². The Bertz CT molecular complexity index is 985. The minimum Gasteiger partial charge on any atom is -0.353 e. The molecule has 1 heterocycles. The number of benzene rings is 2. The molecule has 31 heavy (non-hydrogen) atoms. The van der Waals surface area contributed by atoms with Crippen molar-refractivity contribution < 1.29 is 13.2 Å². The first kappa shape index (κ1) is 23.5. The molecule has 0 radical (unpaired) electrons. The van der Waals surface area contributed by atoms with E-state index in [-0.39, 0.29) is 34.7 Å². The van der Waals surface area contributed by atoms with E-state index in [1.807, 2.05) is 32.0 Å². The van der Waals surface area contributed by atoms with Crippen molar-refractivity contribution in [1.29, 1.82) is 0 Å². The van der Waals surface area contributed by atoms with Gasteiger partial charge in [0.15, 0.2) is 0 Å². The van der Waals surface area contributed by atoms with Crippen LogP contribution in [-0.4, -0.2) is 37.8 Å². The molecule has 2 aromatic carbocycles. The maximum Gasteiger partial charge on any atom is 0.243 e. The third-order valence-corrected chi connectivity index (χ3v) is 8.05. The molecule has 168 valence electrons. The van der Waals surface area contributed by atoms with E-state index in [0.29, 0.717) is 19.4 Å². The van der Waals surface area contributed by atoms with Gasteiger partial charge in [-0.3, -0.25) is 4.79 Å². The normalized spacial score (nSPS) is 19.0. The predicted molar refractivity (Wildman–Crippen MR) is 124 cm³/mol. The van der Waals surface area contributed by atoms with Crippen LogP contribution in [-0.2, 0) is 20.2 Å². The van der Waals surface area contributed by atoms with Crippen molar-refractivity contribution in [1.82, 2.24) is 9.62 Å². The van der Waals surface area contributed by atoms with Crippen molar-refractivity contribution in [2.45, 2.75) is 63.3 Å². The topological polar surface area (TPSA) is 66.5 Å². The van der Waals surface area contributed by atoms with Gasteiger partial charge in [-0.2, -0.15) is 4.31 Å². The molecule has 0 aromatic heterocycles. The first-order chi connectivity index (χ1) is 14.6. The molecule has 2 unspecified atom stereocenters. The summed E-state index contributed by atoms with van der Waals surface area (Å²) in [5.74, 6) is -0.378. The molecular weight excluding hydrogens is 408 g/mol. The highest BCUT2D eigenvalue weighted by Crippen LogP contribution is 2.29. The summed E-state index contributed by atoms with van der Waals surface area (Å²) in [4.78, 5) is 13.2. The van der Waals surface area contributed by atoms with Crippen LogP contribution in [0.1, 0.15) is 51.2 Å². The molecule has 1 saturated heterocycles. The first-order valence-corrected chi connectivity index (χ1v) is 12.5. The largest absolute Gasteiger partial charge is 0.353 e. The lowest BCUT2D eigenvalue weighted by Gasteiger charge is -2.33. The Kier molecular flexibility index (Phi) is 7.22. The molecule has 1 aliphatic heterocycles. The Labute approximate surface area is 186 Å². The number of sulfonamides is 1. The van der Waals surface area contributed by atoms with Crippen LogP contribution in [0.3, 0.4) is 0 Å². The molecule has 1 N–H and O–H groups in total. The first-order valence-electron chi connectivity index (χ1n) is 11.0. The van der Waals surface area contributed by atoms with E-state index in [2.05, 4.69) is 31.3 Å². The molecule has 1 aliphatic rings. The summed E-state index contributed by atoms with van der Waals surface area (Å²) in [6, 6.07) is 17.2. The van der Waals surface area contributed by atoms with Crippen molar-refractivity contribution in [2.75, 3.05) is 13.1 Å². The fraction of sp³-hybridized carbons (Fsp3) is 0.480. The number of hydrogen-bond donors (Lipinski definition) is 1. The quantitative estimate of drug-likeness (QED) is 0.696. The molecule has 0 aliphatic carbocycles. The summed E-state index contributed by atoms with van der Waals surface area (Å²) in [6.45, 7) is 9.00. The van der Waals surface area contributed by atoms with Crippen molar-refractivity contribution in [2.24, 2.45) is 5.92 Å². The standard InChI is InChI=1S/C25H34N2O3S/c1-19-12-14-23(15-13-19)31(29,30)27-16-8-9-21(18-27)24(28)26-20(2)17-25(3,4)22-10-6-5-7-11-22/h5-7,10-15,20-21H,8-9,16-18H2,1-4H3,(H,26,28). The highest BCUT2D eigenvalue weighted by atomic mass is 32.2. The second-order valence-corrected chi connectivity index (χ2v) is 11.3. The Balaban J connectivity index is 1.62. The monoisotopic (exact) mass is 442 g/mol. The van der Waals surface area contributed by atoms with Crippen molar-refractivity contribution in [3.8, 4) is 0 Å². The van der Waals surface area contributed by atoms with E-state index in [1.54, 1.807) is 24.3 Å². The Morgan fingerprint density at radius 2 is 1.77 bits per heavy atom. The number of aryl methyl sites for hydroxylation is 1. The van der Waals surface area contributed by atoms with E-state index in [4.69, 9.17) is 0 Å². The molecule has 1 amide bonds. The zero-order valence-electron chi connectivity index (χ0n) is 19.0. The second-order valence-electron chi connectivity index (χ2n) is 9.38. The molecule has 0 spiro atoms. The molecule has 2 atom stereocenters. The fourth-order valence-corrected chi connectivity index (χ4v) is 5.94. The van der Waals surface area contributed by atoms with Crippen LogP contribution in [0.4, 0.5) is 0 Å². The van der Waals surface area contributed by atoms with Gasteiger partial charge in [0.05, 0.1) is 10.8 Å². The highest BCUT2D eigenvalue weighted by molar-refractivity contribution is 7.89. The number of piperidine rings is 1. The SMILES string of the molecule is Cc1ccc(S(=O)(=O)N2CCCC(C(=O)NC(C)CC(C)(C)c3ccccc3)C2)cc1. The van der Waals surface area contributed by atoms with Gasteiger partial charge in [-0.25, -0.2) is 8.42 Å². The third kappa shape index (κ3) is 5.74. The summed E-state index contributed by atoms with van der Waals surface area (Å²) in [6.07, 6.45) is 2.20. The Hall–Kier alpha value is -2.18. The second kappa shape index (κ2) is 9.53. The highest BCUT2D eigenvalue weighted by Gasteiger charge is 2.34. The van der Waals surface area contributed by atoms with E-state index < -0.39 is 10.0 Å². The van der Waals surface area contributed by atoms with Gasteiger partial charge in [-0.05, 0) is 56.2 Å². The lowest BCUT2D eigenvalue weighted by Crippen LogP contribution is -2.47. The van der Waals surface area contributed by atoms with Crippen LogP contribution < -0.4 is 5.32 Å². The van der Waals surface area contributed by atoms with Crippen LogP contribution in [0, 0.1) is 12.8 Å². The average molecular weight is 443 g/mol. The summed E-state index contributed by atoms with van der Waals surface area (Å²) >= 11 is 0. The van der Waals surface area contributed by atoms with Crippen LogP contribution in [0.5, 0.6) is 0 Å². The number of nitrogens with zero attached hydrogens (tertiary/aromatic N) is 1. The number of nitrogens with one attached hydrogen (secondary N) is 1. The van der Waals surface area contributed by atoms with Crippen molar-refractivity contribution >= 4 is 15.9 Å². The van der Waals surface area contributed by atoms with Crippen LogP contribution >= 0.6 is 0 Å². The van der Waals surface area contributed by atoms with Gasteiger partial charge < -0.3 is 5.32 Å². The molecule has 6 heteroatoms. The molecule has 2 aromatic rings. The lowest BCUT2D eigenvalue weighted by molar-refractivity contribution is -0.126. The number of carbonyl (C=O) groups is 1. The van der Waals surface area contributed by atoms with E-state index in [0.717, 1.165) is 12.0 Å². The van der Waals surface area contributed by atoms with Crippen molar-refractivity contribution in [3.05, 3.63) is 65.7 Å². The number of carbonyl (C=O) groups excluding carboxylic acids is 1. The van der Waals surface area contributed by atoms with Gasteiger partial charge >= 0.3 is 0 Å². The Morgan fingerprint density at radius 1 is 1.13 bits per heavy atom. The summed E-state index contributed by atoms with van der Waals surface area (Å²) in [7, 11) is -3.59. The van der Waals surface area contributed by atoms with Gasteiger partial charge in [-0.15, -0.1) is 0 Å². The van der Waals surface area contributed by atoms with E-state index >= 15 is 0 Å². The van der Waals surface area contributed by atoms with Crippen LogP contribution in [0.25, 0.3) is 0 Å².